The number of thioether (sulfide) groups is 1. The standard InChI is InChI=1S/C10H14N4OS/c1-13-5-8(3-12-13)7-16-10-11-4-9(6-15)14(10)2/h3-5,15H,6-7H2,1-2H3. The Kier molecular flexibility index (Phi) is 3.31. The third kappa shape index (κ3) is 2.28. The fraction of sp³-hybridized carbons (Fsp3) is 0.400. The van der Waals surface area contributed by atoms with Crippen molar-refractivity contribution < 1.29 is 5.11 Å². The van der Waals surface area contributed by atoms with E-state index in [4.69, 9.17) is 5.11 Å². The summed E-state index contributed by atoms with van der Waals surface area (Å²) in [4.78, 5) is 4.25. The second-order valence-corrected chi connectivity index (χ2v) is 4.50. The van der Waals surface area contributed by atoms with Crippen molar-refractivity contribution in [2.45, 2.75) is 17.5 Å². The summed E-state index contributed by atoms with van der Waals surface area (Å²) < 4.78 is 3.69. The molecule has 0 bridgehead atoms. The molecule has 0 radical (unpaired) electrons. The van der Waals surface area contributed by atoms with Crippen LogP contribution >= 0.6 is 11.8 Å². The van der Waals surface area contributed by atoms with Crippen LogP contribution in [0, 0.1) is 0 Å². The molecule has 0 spiro atoms. The summed E-state index contributed by atoms with van der Waals surface area (Å²) in [5, 5.41) is 14.1. The van der Waals surface area contributed by atoms with Gasteiger partial charge in [-0.2, -0.15) is 5.10 Å². The molecule has 2 heterocycles. The number of aryl methyl sites for hydroxylation is 1. The van der Waals surface area contributed by atoms with Crippen molar-refractivity contribution in [3.05, 3.63) is 29.8 Å². The molecule has 0 saturated heterocycles. The molecule has 0 aliphatic carbocycles. The fourth-order valence-electron chi connectivity index (χ4n) is 1.40. The lowest BCUT2D eigenvalue weighted by molar-refractivity contribution is 0.271. The van der Waals surface area contributed by atoms with Crippen LogP contribution in [-0.2, 0) is 26.5 Å². The lowest BCUT2D eigenvalue weighted by atomic mass is 10.4. The van der Waals surface area contributed by atoms with Crippen LogP contribution in [0.3, 0.4) is 0 Å². The smallest absolute Gasteiger partial charge is 0.168 e. The van der Waals surface area contributed by atoms with E-state index in [1.54, 1.807) is 22.6 Å². The molecule has 0 aromatic carbocycles. The molecule has 1 N–H and O–H groups in total. The predicted octanol–water partition coefficient (Wildman–Crippen LogP) is 0.938. The lowest BCUT2D eigenvalue weighted by Crippen LogP contribution is -1.97. The van der Waals surface area contributed by atoms with E-state index < -0.39 is 0 Å². The van der Waals surface area contributed by atoms with Crippen molar-refractivity contribution >= 4 is 11.8 Å². The summed E-state index contributed by atoms with van der Waals surface area (Å²) in [6.07, 6.45) is 5.54. The molecule has 0 amide bonds. The zero-order chi connectivity index (χ0) is 11.5. The van der Waals surface area contributed by atoms with Gasteiger partial charge in [0.1, 0.15) is 0 Å². The van der Waals surface area contributed by atoms with Crippen LogP contribution < -0.4 is 0 Å². The van der Waals surface area contributed by atoms with Crippen LogP contribution in [0.1, 0.15) is 11.3 Å². The van der Waals surface area contributed by atoms with Crippen molar-refractivity contribution in [3.63, 3.8) is 0 Å². The van der Waals surface area contributed by atoms with E-state index in [1.807, 2.05) is 31.1 Å². The van der Waals surface area contributed by atoms with E-state index in [0.717, 1.165) is 16.6 Å². The van der Waals surface area contributed by atoms with Gasteiger partial charge in [0.25, 0.3) is 0 Å². The molecule has 0 aliphatic heterocycles. The molecule has 0 fully saturated rings. The van der Waals surface area contributed by atoms with Crippen molar-refractivity contribution in [3.8, 4) is 0 Å². The molecule has 0 saturated carbocycles. The Hall–Kier alpha value is -1.27. The molecule has 2 rings (SSSR count). The number of aromatic nitrogens is 4. The molecular formula is C10H14N4OS. The van der Waals surface area contributed by atoms with Crippen LogP contribution in [0.15, 0.2) is 23.7 Å². The van der Waals surface area contributed by atoms with Crippen molar-refractivity contribution in [1.82, 2.24) is 19.3 Å². The summed E-state index contributed by atoms with van der Waals surface area (Å²) in [6.45, 7) is 0.0248. The Bertz CT molecular complexity index is 477. The van der Waals surface area contributed by atoms with Crippen LogP contribution in [0.4, 0.5) is 0 Å². The topological polar surface area (TPSA) is 55.9 Å². The van der Waals surface area contributed by atoms with Gasteiger partial charge >= 0.3 is 0 Å². The predicted molar refractivity (Wildman–Crippen MR) is 61.9 cm³/mol. The van der Waals surface area contributed by atoms with Crippen LogP contribution in [-0.4, -0.2) is 24.4 Å². The van der Waals surface area contributed by atoms with Gasteiger partial charge in [0.15, 0.2) is 5.16 Å². The highest BCUT2D eigenvalue weighted by Gasteiger charge is 2.06. The molecule has 5 nitrogen and oxygen atoms in total. The van der Waals surface area contributed by atoms with E-state index in [-0.39, 0.29) is 6.61 Å². The molecule has 86 valence electrons. The van der Waals surface area contributed by atoms with Gasteiger partial charge in [0.2, 0.25) is 0 Å². The number of imidazole rings is 1. The highest BCUT2D eigenvalue weighted by molar-refractivity contribution is 7.98. The first-order chi connectivity index (χ1) is 7.70. The number of rotatable bonds is 4. The van der Waals surface area contributed by atoms with E-state index in [0.29, 0.717) is 0 Å². The summed E-state index contributed by atoms with van der Waals surface area (Å²) >= 11 is 1.64. The van der Waals surface area contributed by atoms with Gasteiger partial charge in [-0.3, -0.25) is 4.68 Å². The van der Waals surface area contributed by atoms with Crippen LogP contribution in [0.2, 0.25) is 0 Å². The Morgan fingerprint density at radius 2 is 2.19 bits per heavy atom. The van der Waals surface area contributed by atoms with Gasteiger partial charge in [0, 0.05) is 31.6 Å². The minimum Gasteiger partial charge on any atom is -0.390 e. The Labute approximate surface area is 98.1 Å². The minimum absolute atomic E-state index is 0.0248. The van der Waals surface area contributed by atoms with E-state index >= 15 is 0 Å². The van der Waals surface area contributed by atoms with Gasteiger partial charge in [-0.1, -0.05) is 11.8 Å². The lowest BCUT2D eigenvalue weighted by Gasteiger charge is -2.02. The molecule has 0 unspecified atom stereocenters. The van der Waals surface area contributed by atoms with Crippen molar-refractivity contribution in [2.24, 2.45) is 14.1 Å². The van der Waals surface area contributed by atoms with Gasteiger partial charge in [-0.15, -0.1) is 0 Å². The monoisotopic (exact) mass is 238 g/mol. The van der Waals surface area contributed by atoms with Crippen molar-refractivity contribution in [1.29, 1.82) is 0 Å². The largest absolute Gasteiger partial charge is 0.390 e. The summed E-state index contributed by atoms with van der Waals surface area (Å²) in [5.74, 6) is 0.837. The number of aliphatic hydroxyl groups is 1. The number of hydrogen-bond acceptors (Lipinski definition) is 4. The maximum atomic E-state index is 9.04. The summed E-state index contributed by atoms with van der Waals surface area (Å²) in [5.41, 5.74) is 2.00. The van der Waals surface area contributed by atoms with Crippen molar-refractivity contribution in [2.75, 3.05) is 0 Å². The molecule has 16 heavy (non-hydrogen) atoms. The van der Waals surface area contributed by atoms with Gasteiger partial charge < -0.3 is 9.67 Å². The third-order valence-electron chi connectivity index (χ3n) is 2.33. The Morgan fingerprint density at radius 1 is 1.38 bits per heavy atom. The minimum atomic E-state index is 0.0248. The average molecular weight is 238 g/mol. The second kappa shape index (κ2) is 4.71. The molecule has 0 aliphatic rings. The number of hydrogen-bond donors (Lipinski definition) is 1. The van der Waals surface area contributed by atoms with Crippen LogP contribution in [0.5, 0.6) is 0 Å². The fourth-order valence-corrected chi connectivity index (χ4v) is 2.28. The zero-order valence-electron chi connectivity index (χ0n) is 9.29. The number of aliphatic hydroxyl groups excluding tert-OH is 1. The Morgan fingerprint density at radius 3 is 2.75 bits per heavy atom. The molecule has 6 heteroatoms. The first-order valence-corrected chi connectivity index (χ1v) is 5.91. The second-order valence-electron chi connectivity index (χ2n) is 3.56. The Balaban J connectivity index is 2.02. The maximum Gasteiger partial charge on any atom is 0.168 e. The first-order valence-electron chi connectivity index (χ1n) is 4.92. The van der Waals surface area contributed by atoms with Gasteiger partial charge in [-0.25, -0.2) is 4.98 Å². The SMILES string of the molecule is Cn1cc(CSc2ncc(CO)n2C)cn1. The third-order valence-corrected chi connectivity index (χ3v) is 3.45. The summed E-state index contributed by atoms with van der Waals surface area (Å²) in [7, 11) is 3.81. The highest BCUT2D eigenvalue weighted by Crippen LogP contribution is 2.21. The van der Waals surface area contributed by atoms with E-state index in [1.165, 1.54) is 5.56 Å². The average Bonchev–Trinajstić information content (AvgIpc) is 2.83. The molecule has 2 aromatic rings. The van der Waals surface area contributed by atoms with Gasteiger partial charge in [0.05, 0.1) is 24.7 Å². The zero-order valence-corrected chi connectivity index (χ0v) is 10.1. The van der Waals surface area contributed by atoms with Gasteiger partial charge in [-0.05, 0) is 0 Å². The first kappa shape index (κ1) is 11.2. The molecule has 0 atom stereocenters. The normalized spacial score (nSPS) is 10.9. The quantitative estimate of drug-likeness (QED) is 0.805. The highest BCUT2D eigenvalue weighted by atomic mass is 32.2. The van der Waals surface area contributed by atoms with E-state index in [2.05, 4.69) is 10.1 Å². The number of nitrogens with zero attached hydrogens (tertiary/aromatic N) is 4. The molecule has 2 aromatic heterocycles. The maximum absolute atomic E-state index is 9.04. The van der Waals surface area contributed by atoms with Crippen LogP contribution in [0.25, 0.3) is 0 Å². The molecular weight excluding hydrogens is 224 g/mol. The summed E-state index contributed by atoms with van der Waals surface area (Å²) in [6, 6.07) is 0. The van der Waals surface area contributed by atoms with E-state index in [9.17, 15) is 0 Å².